The molecule has 0 N–H and O–H groups in total. The minimum Gasteiger partial charge on any atom is -0.454 e. The van der Waals surface area contributed by atoms with Gasteiger partial charge >= 0.3 is 0 Å². The van der Waals surface area contributed by atoms with Crippen LogP contribution in [0.5, 0.6) is 11.5 Å². The number of piperidine rings is 1. The molecule has 0 saturated carbocycles. The monoisotopic (exact) mass is 564 g/mol. The number of fused-ring (bicyclic) bond motifs is 1. The number of carbonyl (C=O) groups is 1. The van der Waals surface area contributed by atoms with Crippen molar-refractivity contribution in [1.29, 1.82) is 5.26 Å². The largest absolute Gasteiger partial charge is 0.454 e. The Labute approximate surface area is 238 Å². The maximum absolute atomic E-state index is 13.6. The van der Waals surface area contributed by atoms with Crippen LogP contribution in [0.25, 0.3) is 6.08 Å². The molecule has 1 aromatic carbocycles. The van der Waals surface area contributed by atoms with Crippen molar-refractivity contribution in [3.05, 3.63) is 55.7 Å². The van der Waals surface area contributed by atoms with Gasteiger partial charge < -0.3 is 14.4 Å². The van der Waals surface area contributed by atoms with Gasteiger partial charge in [-0.1, -0.05) is 50.3 Å². The predicted octanol–water partition coefficient (Wildman–Crippen LogP) is 5.19. The van der Waals surface area contributed by atoms with Gasteiger partial charge in [-0.05, 0) is 61.4 Å². The molecule has 0 unspecified atom stereocenters. The van der Waals surface area contributed by atoms with Crippen LogP contribution in [0.2, 0.25) is 0 Å². The second kappa shape index (κ2) is 11.4. The number of pyridine rings is 1. The highest BCUT2D eigenvalue weighted by Gasteiger charge is 2.34. The van der Waals surface area contributed by atoms with E-state index in [0.717, 1.165) is 55.7 Å². The van der Waals surface area contributed by atoms with Crippen LogP contribution in [-0.4, -0.2) is 39.6 Å². The van der Waals surface area contributed by atoms with Crippen molar-refractivity contribution in [1.82, 2.24) is 9.47 Å². The lowest BCUT2D eigenvalue weighted by Crippen LogP contribution is -2.39. The van der Waals surface area contributed by atoms with Gasteiger partial charge in [0, 0.05) is 25.2 Å². The first kappa shape index (κ1) is 27.3. The number of thioether (sulfide) groups is 1. The number of rotatable bonds is 7. The topological polar surface area (TPSA) is 87.8 Å². The molecule has 204 valence electrons. The lowest BCUT2D eigenvalue weighted by molar-refractivity contribution is -0.122. The number of nitriles is 1. The molecule has 39 heavy (non-hydrogen) atoms. The zero-order chi connectivity index (χ0) is 27.7. The average molecular weight is 565 g/mol. The molecule has 0 bridgehead atoms. The first-order valence-corrected chi connectivity index (χ1v) is 14.6. The van der Waals surface area contributed by atoms with Crippen molar-refractivity contribution >= 4 is 46.1 Å². The van der Waals surface area contributed by atoms with E-state index in [9.17, 15) is 14.9 Å². The van der Waals surface area contributed by atoms with Gasteiger partial charge in [0.1, 0.15) is 21.8 Å². The molecule has 0 atom stereocenters. The molecule has 3 aliphatic heterocycles. The molecule has 1 aromatic heterocycles. The van der Waals surface area contributed by atoms with Gasteiger partial charge in [0.15, 0.2) is 11.5 Å². The smallest absolute Gasteiger partial charge is 0.270 e. The maximum atomic E-state index is 13.6. The minimum absolute atomic E-state index is 0.127. The predicted molar refractivity (Wildman–Crippen MR) is 157 cm³/mol. The molecule has 1 amide bonds. The fraction of sp³-hybridized carbons (Fsp3) is 0.448. The third kappa shape index (κ3) is 5.30. The number of aromatic nitrogens is 1. The normalized spacial score (nSPS) is 18.4. The molecule has 2 aromatic rings. The third-order valence-electron chi connectivity index (χ3n) is 7.59. The Morgan fingerprint density at radius 1 is 1.21 bits per heavy atom. The van der Waals surface area contributed by atoms with Gasteiger partial charge in [-0.2, -0.15) is 5.26 Å². The summed E-state index contributed by atoms with van der Waals surface area (Å²) in [5, 5.41) is 9.92. The van der Waals surface area contributed by atoms with E-state index in [1.807, 2.05) is 24.3 Å². The SMILES string of the molecule is CCCCn1c(N2CCC(C)CC2)c(/C=C2\SC(=S)N(Cc3ccc4c(c3)OCO4)C2=O)c(C)c(C#N)c1=O. The number of hydrogen-bond acceptors (Lipinski definition) is 8. The van der Waals surface area contributed by atoms with E-state index in [2.05, 4.69) is 24.8 Å². The van der Waals surface area contributed by atoms with Crippen molar-refractivity contribution in [2.45, 2.75) is 59.5 Å². The standard InChI is InChI=1S/C29H32N4O4S2/c1-4-5-10-32-26(31-11-8-18(2)9-12-31)21(19(3)22(15-30)27(32)34)14-25-28(35)33(29(38)39-25)16-20-6-7-23-24(13-20)37-17-36-23/h6-7,13-14,18H,4-5,8-12,16-17H2,1-3H3/b25-14-. The van der Waals surface area contributed by atoms with E-state index in [4.69, 9.17) is 21.7 Å². The van der Waals surface area contributed by atoms with Crippen LogP contribution in [0.4, 0.5) is 5.82 Å². The molecule has 3 aliphatic rings. The van der Waals surface area contributed by atoms with Gasteiger partial charge in [-0.15, -0.1) is 0 Å². The van der Waals surface area contributed by atoms with Crippen molar-refractivity contribution in [2.75, 3.05) is 24.8 Å². The Balaban J connectivity index is 1.55. The molecule has 0 radical (unpaired) electrons. The highest BCUT2D eigenvalue weighted by molar-refractivity contribution is 8.26. The fourth-order valence-electron chi connectivity index (χ4n) is 5.22. The van der Waals surface area contributed by atoms with Crippen LogP contribution < -0.4 is 19.9 Å². The van der Waals surface area contributed by atoms with Crippen molar-refractivity contribution < 1.29 is 14.3 Å². The van der Waals surface area contributed by atoms with Gasteiger partial charge in [-0.25, -0.2) is 0 Å². The van der Waals surface area contributed by atoms with Crippen LogP contribution in [0.1, 0.15) is 61.8 Å². The Morgan fingerprint density at radius 2 is 1.95 bits per heavy atom. The summed E-state index contributed by atoms with van der Waals surface area (Å²) in [4.78, 5) is 31.4. The number of benzene rings is 1. The second-order valence-corrected chi connectivity index (χ2v) is 12.0. The first-order valence-electron chi connectivity index (χ1n) is 13.4. The summed E-state index contributed by atoms with van der Waals surface area (Å²) < 4.78 is 13.1. The van der Waals surface area contributed by atoms with E-state index < -0.39 is 0 Å². The Kier molecular flexibility index (Phi) is 8.01. The summed E-state index contributed by atoms with van der Waals surface area (Å²) in [6.45, 7) is 8.81. The van der Waals surface area contributed by atoms with E-state index in [1.54, 1.807) is 16.4 Å². The fourth-order valence-corrected chi connectivity index (χ4v) is 6.46. The molecule has 5 rings (SSSR count). The molecule has 0 spiro atoms. The summed E-state index contributed by atoms with van der Waals surface area (Å²) in [5.74, 6) is 2.57. The number of ether oxygens (including phenoxy) is 2. The Bertz CT molecular complexity index is 1450. The maximum Gasteiger partial charge on any atom is 0.270 e. The van der Waals surface area contributed by atoms with Crippen molar-refractivity contribution in [2.24, 2.45) is 5.92 Å². The zero-order valence-electron chi connectivity index (χ0n) is 22.5. The molecule has 2 saturated heterocycles. The number of thiocarbonyl (C=S) groups is 1. The molecule has 10 heteroatoms. The number of carbonyl (C=O) groups excluding carboxylic acids is 1. The molecular weight excluding hydrogens is 532 g/mol. The summed E-state index contributed by atoms with van der Waals surface area (Å²) in [5.41, 5.74) is 2.10. The molecule has 8 nitrogen and oxygen atoms in total. The van der Waals surface area contributed by atoms with Gasteiger partial charge in [0.05, 0.1) is 11.4 Å². The van der Waals surface area contributed by atoms with Crippen LogP contribution in [0.3, 0.4) is 0 Å². The summed E-state index contributed by atoms with van der Waals surface area (Å²) in [7, 11) is 0. The second-order valence-electron chi connectivity index (χ2n) is 10.3. The summed E-state index contributed by atoms with van der Waals surface area (Å²) in [6.07, 6.45) is 5.63. The number of anilines is 1. The van der Waals surface area contributed by atoms with Crippen LogP contribution in [0, 0.1) is 24.2 Å². The highest BCUT2D eigenvalue weighted by atomic mass is 32.2. The average Bonchev–Trinajstić information content (AvgIpc) is 3.50. The third-order valence-corrected chi connectivity index (χ3v) is 8.97. The van der Waals surface area contributed by atoms with Crippen LogP contribution in [-0.2, 0) is 17.9 Å². The van der Waals surface area contributed by atoms with Gasteiger partial charge in [-0.3, -0.25) is 19.1 Å². The molecule has 0 aliphatic carbocycles. The summed E-state index contributed by atoms with van der Waals surface area (Å²) in [6, 6.07) is 7.74. The van der Waals surface area contributed by atoms with Gasteiger partial charge in [0.25, 0.3) is 11.5 Å². The molecular formula is C29H32N4O4S2. The lowest BCUT2D eigenvalue weighted by atomic mass is 9.97. The Morgan fingerprint density at radius 3 is 2.67 bits per heavy atom. The number of amides is 1. The van der Waals surface area contributed by atoms with E-state index in [-0.39, 0.29) is 23.8 Å². The number of hydrogen-bond donors (Lipinski definition) is 0. The van der Waals surface area contributed by atoms with Crippen molar-refractivity contribution in [3.63, 3.8) is 0 Å². The summed E-state index contributed by atoms with van der Waals surface area (Å²) >= 11 is 6.87. The van der Waals surface area contributed by atoms with Gasteiger partial charge in [0.2, 0.25) is 6.79 Å². The number of nitrogens with zero attached hydrogens (tertiary/aromatic N) is 4. The highest BCUT2D eigenvalue weighted by Crippen LogP contribution is 2.38. The molecule has 4 heterocycles. The van der Waals surface area contributed by atoms with E-state index in [1.165, 1.54) is 11.8 Å². The van der Waals surface area contributed by atoms with Crippen molar-refractivity contribution in [3.8, 4) is 17.6 Å². The van der Waals surface area contributed by atoms with Crippen LogP contribution in [0.15, 0.2) is 27.9 Å². The minimum atomic E-state index is -0.260. The number of unbranched alkanes of at least 4 members (excludes halogenated alkanes) is 1. The van der Waals surface area contributed by atoms with E-state index in [0.29, 0.717) is 45.3 Å². The lowest BCUT2D eigenvalue weighted by Gasteiger charge is -2.35. The quantitative estimate of drug-likeness (QED) is 0.335. The van der Waals surface area contributed by atoms with E-state index >= 15 is 0 Å². The Hall–Kier alpha value is -3.29. The van der Waals surface area contributed by atoms with Crippen LogP contribution >= 0.6 is 24.0 Å². The zero-order valence-corrected chi connectivity index (χ0v) is 24.1. The first-order chi connectivity index (χ1) is 18.8. The molecule has 2 fully saturated rings.